The van der Waals surface area contributed by atoms with Gasteiger partial charge in [0.2, 0.25) is 0 Å². The van der Waals surface area contributed by atoms with E-state index >= 15 is 0 Å². The van der Waals surface area contributed by atoms with Crippen LogP contribution in [0, 0.1) is 11.3 Å². The minimum Gasteiger partial charge on any atom is -0.397 e. The van der Waals surface area contributed by atoms with Crippen LogP contribution in [0.2, 0.25) is 5.02 Å². The zero-order valence-electron chi connectivity index (χ0n) is 16.4. The second-order valence-corrected chi connectivity index (χ2v) is 9.92. The fourth-order valence-corrected chi connectivity index (χ4v) is 6.23. The summed E-state index contributed by atoms with van der Waals surface area (Å²) in [6.45, 7) is 0. The third-order valence-electron chi connectivity index (χ3n) is 5.45. The molecular formula is C23H17ClN4OS2. The summed E-state index contributed by atoms with van der Waals surface area (Å²) in [7, 11) is 0. The van der Waals surface area contributed by atoms with Crippen LogP contribution < -0.4 is 11.1 Å². The van der Waals surface area contributed by atoms with Crippen molar-refractivity contribution >= 4 is 61.1 Å². The van der Waals surface area contributed by atoms with E-state index in [1.54, 1.807) is 0 Å². The molecule has 3 heterocycles. The van der Waals surface area contributed by atoms with E-state index in [9.17, 15) is 10.1 Å². The Morgan fingerprint density at radius 1 is 1.13 bits per heavy atom. The van der Waals surface area contributed by atoms with Crippen molar-refractivity contribution in [3.05, 3.63) is 62.3 Å². The van der Waals surface area contributed by atoms with Gasteiger partial charge in [0.25, 0.3) is 5.91 Å². The zero-order chi connectivity index (χ0) is 21.5. The quantitative estimate of drug-likeness (QED) is 0.374. The molecule has 0 unspecified atom stereocenters. The molecule has 3 aromatic heterocycles. The Kier molecular flexibility index (Phi) is 5.14. The molecule has 154 valence electrons. The van der Waals surface area contributed by atoms with Crippen LogP contribution in [0.1, 0.15) is 38.5 Å². The molecule has 5 nitrogen and oxygen atoms in total. The molecule has 1 aromatic carbocycles. The maximum absolute atomic E-state index is 13.1. The lowest BCUT2D eigenvalue weighted by atomic mass is 9.96. The van der Waals surface area contributed by atoms with Crippen molar-refractivity contribution in [2.75, 3.05) is 11.1 Å². The van der Waals surface area contributed by atoms with Crippen LogP contribution in [0.25, 0.3) is 21.5 Å². The number of nitrogens with one attached hydrogen (secondary N) is 1. The summed E-state index contributed by atoms with van der Waals surface area (Å²) in [6, 6.07) is 13.5. The molecule has 1 aliphatic rings. The number of pyridine rings is 1. The third kappa shape index (κ3) is 3.57. The molecule has 0 saturated heterocycles. The van der Waals surface area contributed by atoms with E-state index in [1.165, 1.54) is 27.6 Å². The lowest BCUT2D eigenvalue weighted by molar-refractivity contribution is 0.103. The van der Waals surface area contributed by atoms with E-state index in [0.29, 0.717) is 31.0 Å². The van der Waals surface area contributed by atoms with Crippen molar-refractivity contribution in [1.82, 2.24) is 4.98 Å². The fraction of sp³-hybridized carbons (Fsp3) is 0.174. The lowest BCUT2D eigenvalue weighted by Crippen LogP contribution is -2.12. The number of nitrogen functional groups attached to an aromatic ring is 1. The lowest BCUT2D eigenvalue weighted by Gasteiger charge is -2.09. The number of carbonyl (C=O) groups is 1. The molecule has 0 bridgehead atoms. The van der Waals surface area contributed by atoms with Gasteiger partial charge in [-0.1, -0.05) is 23.7 Å². The second-order valence-electron chi connectivity index (χ2n) is 7.38. The molecule has 0 saturated carbocycles. The van der Waals surface area contributed by atoms with Crippen molar-refractivity contribution in [3.8, 4) is 17.3 Å². The van der Waals surface area contributed by atoms with Gasteiger partial charge in [0.15, 0.2) is 0 Å². The Bertz CT molecular complexity index is 1370. The molecule has 0 spiro atoms. The van der Waals surface area contributed by atoms with E-state index < -0.39 is 0 Å². The topological polar surface area (TPSA) is 91.8 Å². The van der Waals surface area contributed by atoms with Crippen LogP contribution in [0.5, 0.6) is 0 Å². The average Bonchev–Trinajstić information content (AvgIpc) is 3.30. The minimum absolute atomic E-state index is 0.302. The first-order valence-electron chi connectivity index (χ1n) is 9.86. The first-order valence-corrected chi connectivity index (χ1v) is 11.9. The Balaban J connectivity index is 1.48. The Morgan fingerprint density at radius 3 is 2.68 bits per heavy atom. The summed E-state index contributed by atoms with van der Waals surface area (Å²) < 4.78 is 0. The molecule has 3 N–H and O–H groups in total. The van der Waals surface area contributed by atoms with Crippen LogP contribution in [-0.4, -0.2) is 10.9 Å². The molecule has 0 aliphatic heterocycles. The van der Waals surface area contributed by atoms with Crippen LogP contribution in [0.4, 0.5) is 10.7 Å². The number of aromatic nitrogens is 1. The summed E-state index contributed by atoms with van der Waals surface area (Å²) in [4.78, 5) is 20.1. The smallest absolute Gasteiger partial charge is 0.268 e. The van der Waals surface area contributed by atoms with Crippen molar-refractivity contribution in [3.63, 3.8) is 0 Å². The number of hydrogen-bond acceptors (Lipinski definition) is 6. The van der Waals surface area contributed by atoms with Gasteiger partial charge in [-0.3, -0.25) is 4.79 Å². The number of aryl methyl sites for hydroxylation is 1. The number of anilines is 2. The van der Waals surface area contributed by atoms with Gasteiger partial charge in [-0.25, -0.2) is 4.98 Å². The van der Waals surface area contributed by atoms with E-state index in [0.717, 1.165) is 47.9 Å². The number of nitrogens with two attached hydrogens (primary N) is 1. The van der Waals surface area contributed by atoms with Gasteiger partial charge in [0.1, 0.15) is 20.8 Å². The summed E-state index contributed by atoms with van der Waals surface area (Å²) >= 11 is 8.74. The van der Waals surface area contributed by atoms with Crippen LogP contribution >= 0.6 is 34.3 Å². The summed E-state index contributed by atoms with van der Waals surface area (Å²) in [5.74, 6) is -0.302. The molecular weight excluding hydrogens is 448 g/mol. The minimum atomic E-state index is -0.302. The standard InChI is InChI=1S/C23H17ClN4OS2/c24-13-7-5-12(6-8-13)17-10-9-15-19(26)20(31-22(15)27-17)21(29)28-23-16(11-25)14-3-1-2-4-18(14)30-23/h5-10H,1-4,26H2,(H,28,29). The Labute approximate surface area is 192 Å². The molecule has 1 amide bonds. The molecule has 0 fully saturated rings. The largest absolute Gasteiger partial charge is 0.397 e. The summed E-state index contributed by atoms with van der Waals surface area (Å²) in [5.41, 5.74) is 10.1. The zero-order valence-corrected chi connectivity index (χ0v) is 18.8. The Morgan fingerprint density at radius 2 is 1.90 bits per heavy atom. The number of amides is 1. The molecule has 4 aromatic rings. The summed E-state index contributed by atoms with van der Waals surface area (Å²) in [6.07, 6.45) is 4.06. The highest BCUT2D eigenvalue weighted by Gasteiger charge is 2.24. The van der Waals surface area contributed by atoms with Gasteiger partial charge >= 0.3 is 0 Å². The molecule has 8 heteroatoms. The van der Waals surface area contributed by atoms with Crippen molar-refractivity contribution < 1.29 is 4.79 Å². The maximum atomic E-state index is 13.1. The van der Waals surface area contributed by atoms with Gasteiger partial charge in [0, 0.05) is 20.8 Å². The first-order chi connectivity index (χ1) is 15.0. The molecule has 0 radical (unpaired) electrons. The van der Waals surface area contributed by atoms with Gasteiger partial charge < -0.3 is 11.1 Å². The van der Waals surface area contributed by atoms with Crippen LogP contribution in [-0.2, 0) is 12.8 Å². The highest BCUT2D eigenvalue weighted by molar-refractivity contribution is 7.21. The third-order valence-corrected chi connectivity index (χ3v) is 8.02. The monoisotopic (exact) mass is 464 g/mol. The average molecular weight is 465 g/mol. The van der Waals surface area contributed by atoms with Gasteiger partial charge in [-0.05, 0) is 55.5 Å². The van der Waals surface area contributed by atoms with Crippen LogP contribution in [0.15, 0.2) is 36.4 Å². The number of nitrogens with zero attached hydrogens (tertiary/aromatic N) is 2. The van der Waals surface area contributed by atoms with E-state index in [-0.39, 0.29) is 5.91 Å². The normalized spacial score (nSPS) is 13.0. The molecule has 0 atom stereocenters. The first kappa shape index (κ1) is 20.0. The number of rotatable bonds is 3. The van der Waals surface area contributed by atoms with E-state index in [2.05, 4.69) is 11.4 Å². The number of fused-ring (bicyclic) bond motifs is 2. The van der Waals surface area contributed by atoms with Crippen molar-refractivity contribution in [1.29, 1.82) is 5.26 Å². The molecule has 31 heavy (non-hydrogen) atoms. The molecule has 1 aliphatic carbocycles. The number of carbonyl (C=O) groups excluding carboxylic acids is 1. The predicted molar refractivity (Wildman–Crippen MR) is 128 cm³/mol. The second kappa shape index (κ2) is 7.97. The number of hydrogen-bond donors (Lipinski definition) is 2. The maximum Gasteiger partial charge on any atom is 0.268 e. The van der Waals surface area contributed by atoms with Gasteiger partial charge in [-0.2, -0.15) is 5.26 Å². The van der Waals surface area contributed by atoms with Gasteiger partial charge in [0.05, 0.1) is 16.9 Å². The number of nitriles is 1. The highest BCUT2D eigenvalue weighted by atomic mass is 35.5. The van der Waals surface area contributed by atoms with Crippen molar-refractivity contribution in [2.45, 2.75) is 25.7 Å². The fourth-order valence-electron chi connectivity index (χ4n) is 3.88. The number of benzene rings is 1. The van der Waals surface area contributed by atoms with Crippen LogP contribution in [0.3, 0.4) is 0 Å². The van der Waals surface area contributed by atoms with Gasteiger partial charge in [-0.15, -0.1) is 22.7 Å². The predicted octanol–water partition coefficient (Wildman–Crippen LogP) is 6.26. The Hall–Kier alpha value is -2.92. The number of halogens is 1. The van der Waals surface area contributed by atoms with E-state index in [1.807, 2.05) is 36.4 Å². The van der Waals surface area contributed by atoms with E-state index in [4.69, 9.17) is 22.3 Å². The highest BCUT2D eigenvalue weighted by Crippen LogP contribution is 2.39. The van der Waals surface area contributed by atoms with Crippen molar-refractivity contribution in [2.24, 2.45) is 0 Å². The summed E-state index contributed by atoms with van der Waals surface area (Å²) in [5, 5.41) is 14.6. The molecule has 5 rings (SSSR count). The SMILES string of the molecule is N#Cc1c(NC(=O)c2sc3nc(-c4ccc(Cl)cc4)ccc3c2N)sc2c1CCCC2. The number of thiophene rings is 2.